The molecule has 2 N–H and O–H groups in total. The number of urea groups is 1. The van der Waals surface area contributed by atoms with Crippen LogP contribution in [0.1, 0.15) is 25.5 Å². The molecule has 0 bridgehead atoms. The van der Waals surface area contributed by atoms with Crippen molar-refractivity contribution >= 4 is 35.2 Å². The van der Waals surface area contributed by atoms with Gasteiger partial charge in [-0.25, -0.2) is 9.59 Å². The van der Waals surface area contributed by atoms with E-state index >= 15 is 0 Å². The van der Waals surface area contributed by atoms with Gasteiger partial charge < -0.3 is 20.1 Å². The van der Waals surface area contributed by atoms with Crippen molar-refractivity contribution < 1.29 is 19.1 Å². The molecule has 0 aliphatic carbocycles. The Morgan fingerprint density at radius 1 is 1.35 bits per heavy atom. The SMILES string of the molecule is CCOC(=O)C1=C(C)NC(=O)NC1c1cc(Cl)cc(Cl)c1OC. The van der Waals surface area contributed by atoms with Crippen molar-refractivity contribution in [3.05, 3.63) is 39.0 Å². The molecule has 1 heterocycles. The number of hydrogen-bond donors (Lipinski definition) is 2. The third kappa shape index (κ3) is 3.54. The van der Waals surface area contributed by atoms with Crippen LogP contribution in [0.15, 0.2) is 23.4 Å². The van der Waals surface area contributed by atoms with Crippen LogP contribution in [0.25, 0.3) is 0 Å². The Morgan fingerprint density at radius 3 is 2.65 bits per heavy atom. The molecule has 6 nitrogen and oxygen atoms in total. The molecule has 1 aliphatic heterocycles. The minimum atomic E-state index is -0.783. The third-order valence-corrected chi connectivity index (χ3v) is 3.82. The first-order chi connectivity index (χ1) is 10.9. The molecule has 1 aromatic carbocycles. The van der Waals surface area contributed by atoms with Gasteiger partial charge in [0.25, 0.3) is 0 Å². The summed E-state index contributed by atoms with van der Waals surface area (Å²) in [5.41, 5.74) is 1.14. The van der Waals surface area contributed by atoms with E-state index < -0.39 is 18.0 Å². The van der Waals surface area contributed by atoms with Gasteiger partial charge in [0.15, 0.2) is 0 Å². The second kappa shape index (κ2) is 7.10. The summed E-state index contributed by atoms with van der Waals surface area (Å²) in [7, 11) is 1.45. The number of halogens is 2. The summed E-state index contributed by atoms with van der Waals surface area (Å²) < 4.78 is 10.4. The molecule has 23 heavy (non-hydrogen) atoms. The van der Waals surface area contributed by atoms with Crippen LogP contribution in [-0.4, -0.2) is 25.7 Å². The van der Waals surface area contributed by atoms with Crippen LogP contribution in [0.5, 0.6) is 5.75 Å². The van der Waals surface area contributed by atoms with Crippen molar-refractivity contribution in [1.82, 2.24) is 10.6 Å². The van der Waals surface area contributed by atoms with Gasteiger partial charge in [-0.15, -0.1) is 0 Å². The maximum absolute atomic E-state index is 12.3. The Bertz CT molecular complexity index is 688. The Labute approximate surface area is 143 Å². The summed E-state index contributed by atoms with van der Waals surface area (Å²) >= 11 is 12.2. The second-order valence-electron chi connectivity index (χ2n) is 4.80. The summed E-state index contributed by atoms with van der Waals surface area (Å²) in [4.78, 5) is 24.1. The molecule has 0 aromatic heterocycles. The number of methoxy groups -OCH3 is 1. The number of ether oxygens (including phenoxy) is 2. The van der Waals surface area contributed by atoms with E-state index in [1.807, 2.05) is 0 Å². The summed E-state index contributed by atoms with van der Waals surface area (Å²) in [6.07, 6.45) is 0. The number of esters is 1. The van der Waals surface area contributed by atoms with Crippen molar-refractivity contribution in [3.63, 3.8) is 0 Å². The molecule has 2 rings (SSSR count). The lowest BCUT2D eigenvalue weighted by molar-refractivity contribution is -0.139. The van der Waals surface area contributed by atoms with Gasteiger partial charge in [0.1, 0.15) is 5.75 Å². The summed E-state index contributed by atoms with van der Waals surface area (Å²) in [6.45, 7) is 3.54. The molecule has 0 saturated carbocycles. The molecule has 1 aromatic rings. The van der Waals surface area contributed by atoms with E-state index in [4.69, 9.17) is 32.7 Å². The largest absolute Gasteiger partial charge is 0.495 e. The average Bonchev–Trinajstić information content (AvgIpc) is 2.45. The first-order valence-corrected chi connectivity index (χ1v) is 7.63. The lowest BCUT2D eigenvalue weighted by Crippen LogP contribution is -2.45. The highest BCUT2D eigenvalue weighted by Gasteiger charge is 2.34. The number of rotatable bonds is 4. The molecule has 0 saturated heterocycles. The van der Waals surface area contributed by atoms with E-state index in [0.717, 1.165) is 0 Å². The number of benzene rings is 1. The number of nitrogens with one attached hydrogen (secondary N) is 2. The topological polar surface area (TPSA) is 76.7 Å². The van der Waals surface area contributed by atoms with Gasteiger partial charge in [-0.05, 0) is 26.0 Å². The standard InChI is InChI=1S/C15H16Cl2N2O4/c1-4-23-14(20)11-7(2)18-15(21)19-12(11)9-5-8(16)6-10(17)13(9)22-3/h5-6,12H,4H2,1-3H3,(H2,18,19,21). The predicted molar refractivity (Wildman–Crippen MR) is 86.8 cm³/mol. The van der Waals surface area contributed by atoms with E-state index in [-0.39, 0.29) is 17.2 Å². The van der Waals surface area contributed by atoms with Crippen LogP contribution >= 0.6 is 23.2 Å². The van der Waals surface area contributed by atoms with Crippen molar-refractivity contribution in [2.75, 3.05) is 13.7 Å². The van der Waals surface area contributed by atoms with E-state index in [1.165, 1.54) is 13.2 Å². The summed E-state index contributed by atoms with van der Waals surface area (Å²) in [5.74, 6) is -0.210. The zero-order valence-corrected chi connectivity index (χ0v) is 14.3. The Hall–Kier alpha value is -1.92. The molecule has 124 valence electrons. The highest BCUT2D eigenvalue weighted by atomic mass is 35.5. The molecule has 0 fully saturated rings. The molecule has 1 aliphatic rings. The summed E-state index contributed by atoms with van der Waals surface area (Å²) in [5, 5.41) is 5.87. The quantitative estimate of drug-likeness (QED) is 0.810. The van der Waals surface area contributed by atoms with Gasteiger partial charge in [0.05, 0.1) is 30.4 Å². The first-order valence-electron chi connectivity index (χ1n) is 6.87. The highest BCUT2D eigenvalue weighted by molar-refractivity contribution is 6.35. The van der Waals surface area contributed by atoms with Gasteiger partial charge in [-0.3, -0.25) is 0 Å². The smallest absolute Gasteiger partial charge is 0.338 e. The van der Waals surface area contributed by atoms with Crippen molar-refractivity contribution in [2.24, 2.45) is 0 Å². The second-order valence-corrected chi connectivity index (χ2v) is 5.64. The van der Waals surface area contributed by atoms with Gasteiger partial charge >= 0.3 is 12.0 Å². The first kappa shape index (κ1) is 17.4. The van der Waals surface area contributed by atoms with Crippen molar-refractivity contribution in [2.45, 2.75) is 19.9 Å². The van der Waals surface area contributed by atoms with Crippen molar-refractivity contribution in [3.8, 4) is 5.75 Å². The number of carbonyl (C=O) groups excluding carboxylic acids is 2. The van der Waals surface area contributed by atoms with Gasteiger partial charge in [-0.2, -0.15) is 0 Å². The van der Waals surface area contributed by atoms with Crippen LogP contribution < -0.4 is 15.4 Å². The number of allylic oxidation sites excluding steroid dienone is 1. The van der Waals surface area contributed by atoms with E-state index in [1.54, 1.807) is 19.9 Å². The monoisotopic (exact) mass is 358 g/mol. The lowest BCUT2D eigenvalue weighted by atomic mass is 9.94. The maximum Gasteiger partial charge on any atom is 0.338 e. The van der Waals surface area contributed by atoms with Crippen LogP contribution in [0.3, 0.4) is 0 Å². The predicted octanol–water partition coefficient (Wildman–Crippen LogP) is 3.19. The van der Waals surface area contributed by atoms with Gasteiger partial charge in [0, 0.05) is 16.3 Å². The molecule has 8 heteroatoms. The van der Waals surface area contributed by atoms with E-state index in [0.29, 0.717) is 22.0 Å². The maximum atomic E-state index is 12.3. The minimum Gasteiger partial charge on any atom is -0.495 e. The minimum absolute atomic E-state index is 0.212. The highest BCUT2D eigenvalue weighted by Crippen LogP contribution is 2.39. The van der Waals surface area contributed by atoms with Crippen LogP contribution in [0.2, 0.25) is 10.0 Å². The average molecular weight is 359 g/mol. The number of carbonyl (C=O) groups is 2. The number of hydrogen-bond acceptors (Lipinski definition) is 4. The molecule has 2 amide bonds. The zero-order valence-electron chi connectivity index (χ0n) is 12.8. The zero-order chi connectivity index (χ0) is 17.1. The molecular weight excluding hydrogens is 343 g/mol. The van der Waals surface area contributed by atoms with Crippen LogP contribution in [0.4, 0.5) is 4.79 Å². The van der Waals surface area contributed by atoms with Crippen LogP contribution in [-0.2, 0) is 9.53 Å². The van der Waals surface area contributed by atoms with Gasteiger partial charge in [-0.1, -0.05) is 23.2 Å². The summed E-state index contributed by atoms with van der Waals surface area (Å²) in [6, 6.07) is 1.89. The Kier molecular flexibility index (Phi) is 5.38. The molecule has 0 spiro atoms. The normalized spacial score (nSPS) is 17.4. The van der Waals surface area contributed by atoms with Crippen molar-refractivity contribution in [1.29, 1.82) is 0 Å². The molecule has 1 atom stereocenters. The van der Waals surface area contributed by atoms with Gasteiger partial charge in [0.2, 0.25) is 0 Å². The Balaban J connectivity index is 2.61. The Morgan fingerprint density at radius 2 is 2.04 bits per heavy atom. The molecule has 1 unspecified atom stereocenters. The fourth-order valence-electron chi connectivity index (χ4n) is 2.42. The number of amides is 2. The van der Waals surface area contributed by atoms with E-state index in [9.17, 15) is 9.59 Å². The fraction of sp³-hybridized carbons (Fsp3) is 0.333. The molecule has 0 radical (unpaired) electrons. The third-order valence-electron chi connectivity index (χ3n) is 3.32. The van der Waals surface area contributed by atoms with E-state index in [2.05, 4.69) is 10.6 Å². The van der Waals surface area contributed by atoms with Crippen LogP contribution in [0, 0.1) is 0 Å². The fourth-order valence-corrected chi connectivity index (χ4v) is 3.00. The molecular formula is C15H16Cl2N2O4. The lowest BCUT2D eigenvalue weighted by Gasteiger charge is -2.29.